The van der Waals surface area contributed by atoms with Crippen LogP contribution in [0.1, 0.15) is 17.0 Å². The molecule has 0 aliphatic carbocycles. The van der Waals surface area contributed by atoms with Crippen LogP contribution >= 0.6 is 11.6 Å². The van der Waals surface area contributed by atoms with Crippen LogP contribution in [-0.4, -0.2) is 19.5 Å². The second-order valence-electron chi connectivity index (χ2n) is 3.47. The van der Waals surface area contributed by atoms with Gasteiger partial charge in [0, 0.05) is 7.05 Å². The molecule has 17 heavy (non-hydrogen) atoms. The summed E-state index contributed by atoms with van der Waals surface area (Å²) >= 11 is 5.96. The topological polar surface area (TPSA) is 69.6 Å². The van der Waals surface area contributed by atoms with Crippen molar-refractivity contribution >= 4 is 17.5 Å². The molecule has 0 unspecified atom stereocenters. The van der Waals surface area contributed by atoms with Gasteiger partial charge in [0.05, 0.1) is 23.8 Å². The van der Waals surface area contributed by atoms with Crippen LogP contribution in [0.5, 0.6) is 0 Å². The molecule has 2 heterocycles. The molecule has 2 aromatic rings. The number of nitrogens with zero attached hydrogens (tertiary/aromatic N) is 4. The fourth-order valence-corrected chi connectivity index (χ4v) is 1.58. The first-order chi connectivity index (χ1) is 8.08. The summed E-state index contributed by atoms with van der Waals surface area (Å²) in [4.78, 5) is 11.8. The van der Waals surface area contributed by atoms with Crippen LogP contribution in [0.3, 0.4) is 0 Å². The molecular weight excluding hydrogens is 238 g/mol. The van der Waals surface area contributed by atoms with Crippen LogP contribution in [0, 0.1) is 18.8 Å². The van der Waals surface area contributed by atoms with Crippen molar-refractivity contribution < 1.29 is 0 Å². The summed E-state index contributed by atoms with van der Waals surface area (Å²) in [5.41, 5.74) is 7.51. The van der Waals surface area contributed by atoms with Crippen molar-refractivity contribution in [3.05, 3.63) is 34.6 Å². The molecule has 0 saturated heterocycles. The molecule has 86 valence electrons. The lowest BCUT2D eigenvalue weighted by atomic mass is 10.2. The second kappa shape index (κ2) is 4.44. The third-order valence-electron chi connectivity index (χ3n) is 2.20. The van der Waals surface area contributed by atoms with Crippen molar-refractivity contribution in [2.24, 2.45) is 7.05 Å². The van der Waals surface area contributed by atoms with E-state index in [4.69, 9.17) is 17.3 Å². The molecule has 2 rings (SSSR count). The molecule has 0 radical (unpaired) electrons. The number of rotatable bonds is 0. The summed E-state index contributed by atoms with van der Waals surface area (Å²) in [6, 6.07) is 0. The first-order valence-corrected chi connectivity index (χ1v) is 5.23. The molecule has 0 atom stereocenters. The average Bonchev–Trinajstić information content (AvgIpc) is 2.62. The summed E-state index contributed by atoms with van der Waals surface area (Å²) in [5, 5.41) is 0.268. The van der Waals surface area contributed by atoms with Gasteiger partial charge in [-0.1, -0.05) is 17.5 Å². The van der Waals surface area contributed by atoms with E-state index in [0.717, 1.165) is 5.69 Å². The number of aromatic nitrogens is 4. The Kier molecular flexibility index (Phi) is 2.98. The maximum absolute atomic E-state index is 5.96. The molecule has 0 aromatic carbocycles. The van der Waals surface area contributed by atoms with Crippen molar-refractivity contribution in [3.63, 3.8) is 0 Å². The number of imidazole rings is 1. The molecule has 0 fully saturated rings. The standard InChI is InChI=1S/C11H10ClN5/c1-7-9(10(12)16-11(13)15-7)4-3-8-5-14-6-17(8)2/h5-6H,1-2H3,(H2,13,15,16). The first kappa shape index (κ1) is 11.4. The molecule has 0 aliphatic heterocycles. The molecule has 2 aromatic heterocycles. The Morgan fingerprint density at radius 1 is 1.35 bits per heavy atom. The lowest BCUT2D eigenvalue weighted by Gasteiger charge is -2.00. The molecule has 5 nitrogen and oxygen atoms in total. The molecular formula is C11H10ClN5. The second-order valence-corrected chi connectivity index (χ2v) is 3.83. The van der Waals surface area contributed by atoms with Gasteiger partial charge in [-0.2, -0.15) is 4.98 Å². The van der Waals surface area contributed by atoms with Gasteiger partial charge in [-0.3, -0.25) is 0 Å². The van der Waals surface area contributed by atoms with Gasteiger partial charge in [0.25, 0.3) is 0 Å². The molecule has 2 N–H and O–H groups in total. The van der Waals surface area contributed by atoms with Gasteiger partial charge in [-0.15, -0.1) is 0 Å². The van der Waals surface area contributed by atoms with Gasteiger partial charge in [-0.05, 0) is 12.8 Å². The summed E-state index contributed by atoms with van der Waals surface area (Å²) < 4.78 is 1.81. The van der Waals surface area contributed by atoms with Crippen LogP contribution in [0.2, 0.25) is 5.15 Å². The van der Waals surface area contributed by atoms with Gasteiger partial charge in [-0.25, -0.2) is 9.97 Å². The zero-order valence-electron chi connectivity index (χ0n) is 9.40. The van der Waals surface area contributed by atoms with Crippen LogP contribution in [0.4, 0.5) is 5.95 Å². The van der Waals surface area contributed by atoms with E-state index in [0.29, 0.717) is 11.3 Å². The van der Waals surface area contributed by atoms with Gasteiger partial charge in [0.2, 0.25) is 5.95 Å². The Balaban J connectivity index is 2.44. The first-order valence-electron chi connectivity index (χ1n) is 4.86. The van der Waals surface area contributed by atoms with Crippen molar-refractivity contribution in [1.82, 2.24) is 19.5 Å². The lowest BCUT2D eigenvalue weighted by molar-refractivity contribution is 0.899. The highest BCUT2D eigenvalue weighted by molar-refractivity contribution is 6.30. The van der Waals surface area contributed by atoms with E-state index in [1.54, 1.807) is 19.4 Å². The van der Waals surface area contributed by atoms with Gasteiger partial charge < -0.3 is 10.3 Å². The maximum Gasteiger partial charge on any atom is 0.221 e. The molecule has 0 bridgehead atoms. The maximum atomic E-state index is 5.96. The molecule has 6 heteroatoms. The minimum atomic E-state index is 0.151. The largest absolute Gasteiger partial charge is 0.368 e. The highest BCUT2D eigenvalue weighted by Gasteiger charge is 2.05. The Bertz CT molecular complexity index is 597. The number of hydrogen-bond acceptors (Lipinski definition) is 4. The quantitative estimate of drug-likeness (QED) is 0.560. The fourth-order valence-electron chi connectivity index (χ4n) is 1.30. The summed E-state index contributed by atoms with van der Waals surface area (Å²) in [6.45, 7) is 1.79. The molecule has 0 amide bonds. The van der Waals surface area contributed by atoms with Crippen LogP contribution in [0.15, 0.2) is 12.5 Å². The zero-order valence-corrected chi connectivity index (χ0v) is 10.2. The average molecular weight is 248 g/mol. The molecule has 0 aliphatic rings. The number of anilines is 1. The minimum absolute atomic E-state index is 0.151. The predicted octanol–water partition coefficient (Wildman–Crippen LogP) is 1.15. The number of halogens is 1. The van der Waals surface area contributed by atoms with E-state index in [1.807, 2.05) is 11.6 Å². The number of aryl methyl sites for hydroxylation is 2. The predicted molar refractivity (Wildman–Crippen MR) is 65.4 cm³/mol. The van der Waals surface area contributed by atoms with Crippen LogP contribution < -0.4 is 5.73 Å². The highest BCUT2D eigenvalue weighted by Crippen LogP contribution is 2.15. The van der Waals surface area contributed by atoms with Gasteiger partial charge in [0.1, 0.15) is 5.69 Å². The van der Waals surface area contributed by atoms with E-state index in [-0.39, 0.29) is 11.1 Å². The van der Waals surface area contributed by atoms with Gasteiger partial charge >= 0.3 is 0 Å². The van der Waals surface area contributed by atoms with Crippen molar-refractivity contribution in [3.8, 4) is 11.8 Å². The summed E-state index contributed by atoms with van der Waals surface area (Å²) in [6.07, 6.45) is 3.35. The lowest BCUT2D eigenvalue weighted by Crippen LogP contribution is -2.00. The van der Waals surface area contributed by atoms with Crippen molar-refractivity contribution in [2.75, 3.05) is 5.73 Å². The van der Waals surface area contributed by atoms with Crippen molar-refractivity contribution in [2.45, 2.75) is 6.92 Å². The Labute approximate surface area is 104 Å². The Morgan fingerprint density at radius 2 is 2.12 bits per heavy atom. The van der Waals surface area contributed by atoms with E-state index >= 15 is 0 Å². The summed E-state index contributed by atoms with van der Waals surface area (Å²) in [7, 11) is 1.87. The Morgan fingerprint density at radius 3 is 2.71 bits per heavy atom. The monoisotopic (exact) mass is 247 g/mol. The number of nitrogens with two attached hydrogens (primary N) is 1. The minimum Gasteiger partial charge on any atom is -0.368 e. The molecule has 0 spiro atoms. The van der Waals surface area contributed by atoms with Crippen molar-refractivity contribution in [1.29, 1.82) is 0 Å². The molecule has 0 saturated carbocycles. The van der Waals surface area contributed by atoms with Crippen LogP contribution in [0.25, 0.3) is 0 Å². The van der Waals surface area contributed by atoms with E-state index in [1.165, 1.54) is 0 Å². The number of hydrogen-bond donors (Lipinski definition) is 1. The zero-order chi connectivity index (χ0) is 12.4. The van der Waals surface area contributed by atoms with E-state index in [9.17, 15) is 0 Å². The van der Waals surface area contributed by atoms with Gasteiger partial charge in [0.15, 0.2) is 5.15 Å². The Hall–Kier alpha value is -2.06. The normalized spacial score (nSPS) is 9.82. The summed E-state index contributed by atoms with van der Waals surface area (Å²) in [5.74, 6) is 6.04. The van der Waals surface area contributed by atoms with E-state index < -0.39 is 0 Å². The third kappa shape index (κ3) is 2.37. The fraction of sp³-hybridized carbons (Fsp3) is 0.182. The highest BCUT2D eigenvalue weighted by atomic mass is 35.5. The third-order valence-corrected chi connectivity index (χ3v) is 2.47. The smallest absolute Gasteiger partial charge is 0.221 e. The number of nitrogen functional groups attached to an aromatic ring is 1. The van der Waals surface area contributed by atoms with Crippen LogP contribution in [-0.2, 0) is 7.05 Å². The SMILES string of the molecule is Cc1nc(N)nc(Cl)c1C#Cc1cncn1C. The van der Waals surface area contributed by atoms with E-state index in [2.05, 4.69) is 26.8 Å².